The van der Waals surface area contributed by atoms with E-state index in [4.69, 9.17) is 4.74 Å². The van der Waals surface area contributed by atoms with E-state index in [1.54, 1.807) is 42.5 Å². The Balaban J connectivity index is 1.62. The maximum atomic E-state index is 12.5. The lowest BCUT2D eigenvalue weighted by Gasteiger charge is -2.17. The van der Waals surface area contributed by atoms with Crippen molar-refractivity contribution in [1.82, 2.24) is 5.43 Å². The highest BCUT2D eigenvalue weighted by molar-refractivity contribution is 9.10. The molecule has 0 aliphatic heterocycles. The van der Waals surface area contributed by atoms with Crippen molar-refractivity contribution in [3.05, 3.63) is 94.0 Å². The van der Waals surface area contributed by atoms with E-state index in [2.05, 4.69) is 31.8 Å². The van der Waals surface area contributed by atoms with Crippen LogP contribution in [0, 0.1) is 5.41 Å². The Morgan fingerprint density at radius 2 is 1.66 bits per heavy atom. The van der Waals surface area contributed by atoms with Gasteiger partial charge in [0.05, 0.1) is 12.6 Å². The average Bonchev–Trinajstić information content (AvgIpc) is 2.81. The number of carbonyl (C=O) groups excluding carboxylic acids is 3. The topological polar surface area (TPSA) is 96.9 Å². The van der Waals surface area contributed by atoms with E-state index in [9.17, 15) is 14.4 Å². The molecule has 0 aromatic heterocycles. The zero-order chi connectivity index (χ0) is 25.4. The summed E-state index contributed by atoms with van der Waals surface area (Å²) in [5, 5.41) is 6.82. The summed E-state index contributed by atoms with van der Waals surface area (Å²) in [7, 11) is 0. The Morgan fingerprint density at radius 3 is 2.31 bits per heavy atom. The number of rotatable bonds is 7. The van der Waals surface area contributed by atoms with Crippen molar-refractivity contribution < 1.29 is 19.1 Å². The largest absolute Gasteiger partial charge is 0.426 e. The molecular weight excluding hydrogens is 510 g/mol. The molecule has 0 radical (unpaired) electrons. The van der Waals surface area contributed by atoms with Crippen LogP contribution in [0.5, 0.6) is 5.75 Å². The van der Waals surface area contributed by atoms with Gasteiger partial charge in [0.2, 0.25) is 5.91 Å². The molecule has 3 rings (SSSR count). The Labute approximate surface area is 212 Å². The molecule has 2 N–H and O–H groups in total. The third-order valence-electron chi connectivity index (χ3n) is 4.84. The smallest absolute Gasteiger partial charge is 0.315 e. The number of hydrogen-bond acceptors (Lipinski definition) is 5. The van der Waals surface area contributed by atoms with Crippen LogP contribution in [0.15, 0.2) is 82.4 Å². The van der Waals surface area contributed by atoms with E-state index in [-0.39, 0.29) is 12.3 Å². The minimum Gasteiger partial charge on any atom is -0.426 e. The van der Waals surface area contributed by atoms with Crippen molar-refractivity contribution >= 4 is 45.6 Å². The summed E-state index contributed by atoms with van der Waals surface area (Å²) in [4.78, 5) is 36.9. The molecule has 0 fully saturated rings. The fourth-order valence-corrected chi connectivity index (χ4v) is 3.26. The van der Waals surface area contributed by atoms with E-state index < -0.39 is 17.3 Å². The molecule has 0 heterocycles. The number of hydrogen-bond donors (Lipinski definition) is 2. The zero-order valence-electron chi connectivity index (χ0n) is 19.7. The number of hydrazone groups is 1. The molecule has 0 atom stereocenters. The highest BCUT2D eigenvalue weighted by Crippen LogP contribution is 2.22. The molecule has 3 aromatic carbocycles. The van der Waals surface area contributed by atoms with Crippen LogP contribution in [-0.4, -0.2) is 24.0 Å². The summed E-state index contributed by atoms with van der Waals surface area (Å²) in [6, 6.07) is 20.9. The third-order valence-corrected chi connectivity index (χ3v) is 5.34. The van der Waals surface area contributed by atoms with Crippen molar-refractivity contribution in [1.29, 1.82) is 0 Å². The van der Waals surface area contributed by atoms with Crippen molar-refractivity contribution in [2.75, 3.05) is 5.32 Å². The molecule has 2 amide bonds. The van der Waals surface area contributed by atoms with Crippen LogP contribution in [0.4, 0.5) is 5.69 Å². The second-order valence-electron chi connectivity index (χ2n) is 8.80. The van der Waals surface area contributed by atoms with Gasteiger partial charge in [-0.25, -0.2) is 5.43 Å². The number of nitrogens with one attached hydrogen (secondary N) is 2. The minimum absolute atomic E-state index is 0.117. The first-order valence-corrected chi connectivity index (χ1v) is 11.7. The Kier molecular flexibility index (Phi) is 8.54. The van der Waals surface area contributed by atoms with Gasteiger partial charge in [-0.3, -0.25) is 14.4 Å². The number of carbonyl (C=O) groups is 3. The van der Waals surface area contributed by atoms with Crippen molar-refractivity contribution in [2.24, 2.45) is 10.5 Å². The van der Waals surface area contributed by atoms with Gasteiger partial charge in [0.25, 0.3) is 5.91 Å². The van der Waals surface area contributed by atoms with Gasteiger partial charge in [-0.15, -0.1) is 0 Å². The summed E-state index contributed by atoms with van der Waals surface area (Å²) >= 11 is 3.39. The molecule has 3 aromatic rings. The fourth-order valence-electron chi connectivity index (χ4n) is 2.88. The van der Waals surface area contributed by atoms with Crippen molar-refractivity contribution in [2.45, 2.75) is 27.2 Å². The van der Waals surface area contributed by atoms with Crippen molar-refractivity contribution in [3.8, 4) is 5.75 Å². The number of amides is 2. The molecule has 0 bridgehead atoms. The molecule has 0 aliphatic rings. The first-order valence-electron chi connectivity index (χ1n) is 10.9. The number of nitrogens with zero attached hydrogens (tertiary/aromatic N) is 1. The van der Waals surface area contributed by atoms with Crippen LogP contribution in [0.25, 0.3) is 0 Å². The predicted octanol–water partition coefficient (Wildman–Crippen LogP) is 5.35. The second-order valence-corrected chi connectivity index (χ2v) is 9.71. The van der Waals surface area contributed by atoms with Crippen LogP contribution in [0.1, 0.15) is 42.3 Å². The molecule has 0 saturated heterocycles. The van der Waals surface area contributed by atoms with E-state index in [0.29, 0.717) is 22.6 Å². The van der Waals surface area contributed by atoms with Gasteiger partial charge in [0.15, 0.2) is 0 Å². The quantitative estimate of drug-likeness (QED) is 0.184. The number of halogens is 1. The average molecular weight is 536 g/mol. The molecule has 180 valence electrons. The van der Waals surface area contributed by atoms with Gasteiger partial charge < -0.3 is 10.1 Å². The molecule has 0 unspecified atom stereocenters. The van der Waals surface area contributed by atoms with Gasteiger partial charge >= 0.3 is 5.97 Å². The maximum absolute atomic E-state index is 12.5. The Hall–Kier alpha value is -3.78. The SMILES string of the molecule is CC(C)(C)C(=O)Nc1ccc(C(=O)N/N=C\c2cc(Br)ccc2OC(=O)Cc2ccccc2)cc1. The van der Waals surface area contributed by atoms with E-state index in [0.717, 1.165) is 10.0 Å². The second kappa shape index (κ2) is 11.6. The summed E-state index contributed by atoms with van der Waals surface area (Å²) in [5.41, 5.74) is 4.27. The molecule has 0 saturated carbocycles. The lowest BCUT2D eigenvalue weighted by atomic mass is 9.95. The summed E-state index contributed by atoms with van der Waals surface area (Å²) in [6.07, 6.45) is 1.54. The predicted molar refractivity (Wildman–Crippen MR) is 140 cm³/mol. The third kappa shape index (κ3) is 7.89. The Bertz CT molecular complexity index is 1230. The molecule has 8 heteroatoms. The number of esters is 1. The summed E-state index contributed by atoms with van der Waals surface area (Å²) < 4.78 is 6.28. The monoisotopic (exact) mass is 535 g/mol. The first-order chi connectivity index (χ1) is 16.6. The molecule has 0 aliphatic carbocycles. The highest BCUT2D eigenvalue weighted by atomic mass is 79.9. The number of ether oxygens (including phenoxy) is 1. The Morgan fingerprint density at radius 1 is 0.971 bits per heavy atom. The highest BCUT2D eigenvalue weighted by Gasteiger charge is 2.21. The zero-order valence-corrected chi connectivity index (χ0v) is 21.3. The molecule has 7 nitrogen and oxygen atoms in total. The number of benzene rings is 3. The fraction of sp³-hybridized carbons (Fsp3) is 0.185. The molecule has 0 spiro atoms. The van der Waals surface area contributed by atoms with Gasteiger partial charge in [0.1, 0.15) is 5.75 Å². The van der Waals surface area contributed by atoms with Gasteiger partial charge in [0, 0.05) is 26.7 Å². The molecule has 35 heavy (non-hydrogen) atoms. The van der Waals surface area contributed by atoms with Crippen molar-refractivity contribution in [3.63, 3.8) is 0 Å². The standard InChI is InChI=1S/C27H26BrN3O4/c1-27(2,3)26(34)30-22-12-9-19(10-13-22)25(33)31-29-17-20-16-21(28)11-14-23(20)35-24(32)15-18-7-5-4-6-8-18/h4-14,16-17H,15H2,1-3H3,(H,30,34)(H,31,33)/b29-17-. The lowest BCUT2D eigenvalue weighted by Crippen LogP contribution is -2.27. The van der Waals surface area contributed by atoms with Crippen LogP contribution < -0.4 is 15.5 Å². The van der Waals surface area contributed by atoms with Crippen LogP contribution in [-0.2, 0) is 16.0 Å². The normalized spacial score (nSPS) is 11.2. The van der Waals surface area contributed by atoms with E-state index in [1.165, 1.54) is 6.21 Å². The maximum Gasteiger partial charge on any atom is 0.315 e. The lowest BCUT2D eigenvalue weighted by molar-refractivity contribution is -0.133. The van der Waals surface area contributed by atoms with Crippen LogP contribution in [0.3, 0.4) is 0 Å². The van der Waals surface area contributed by atoms with E-state index in [1.807, 2.05) is 51.1 Å². The molecular formula is C27H26BrN3O4. The first kappa shape index (κ1) is 25.8. The van der Waals surface area contributed by atoms with Gasteiger partial charge in [-0.05, 0) is 48.0 Å². The van der Waals surface area contributed by atoms with Crippen LogP contribution >= 0.6 is 15.9 Å². The minimum atomic E-state index is -0.522. The number of anilines is 1. The summed E-state index contributed by atoms with van der Waals surface area (Å²) in [6.45, 7) is 5.47. The van der Waals surface area contributed by atoms with Gasteiger partial charge in [-0.2, -0.15) is 5.10 Å². The van der Waals surface area contributed by atoms with Gasteiger partial charge in [-0.1, -0.05) is 67.0 Å². The van der Waals surface area contributed by atoms with E-state index >= 15 is 0 Å². The summed E-state index contributed by atoms with van der Waals surface area (Å²) in [5.74, 6) is -0.622. The van der Waals surface area contributed by atoms with Crippen LogP contribution in [0.2, 0.25) is 0 Å².